The molecule has 2 aromatic rings. The van der Waals surface area contributed by atoms with Crippen LogP contribution in [0.4, 0.5) is 0 Å². The number of aliphatic hydroxyl groups is 1. The summed E-state index contributed by atoms with van der Waals surface area (Å²) >= 11 is 0. The summed E-state index contributed by atoms with van der Waals surface area (Å²) in [4.78, 5) is 23.6. The lowest BCUT2D eigenvalue weighted by Crippen LogP contribution is -2.10. The molecular formula is C20H20O6. The molecule has 0 spiro atoms. The monoisotopic (exact) mass is 356 g/mol. The van der Waals surface area contributed by atoms with Gasteiger partial charge in [-0.2, -0.15) is 0 Å². The second-order valence-electron chi connectivity index (χ2n) is 5.39. The lowest BCUT2D eigenvalue weighted by Gasteiger charge is -2.09. The smallest absolute Gasteiger partial charge is 0.373 e. The second-order valence-corrected chi connectivity index (χ2v) is 5.39. The van der Waals surface area contributed by atoms with Crippen molar-refractivity contribution in [2.75, 3.05) is 13.2 Å². The number of ether oxygens (including phenoxy) is 2. The zero-order chi connectivity index (χ0) is 18.9. The Kier molecular flexibility index (Phi) is 6.79. The van der Waals surface area contributed by atoms with Crippen LogP contribution in [-0.4, -0.2) is 35.2 Å². The third-order valence-electron chi connectivity index (χ3n) is 3.52. The van der Waals surface area contributed by atoms with Crippen LogP contribution in [0.5, 0.6) is 11.5 Å². The number of carbonyl (C=O) groups excluding carboxylic acids is 2. The van der Waals surface area contributed by atoms with Crippen molar-refractivity contribution in [3.63, 3.8) is 0 Å². The molecule has 2 N–H and O–H groups in total. The van der Waals surface area contributed by atoms with Gasteiger partial charge in [0.05, 0.1) is 18.8 Å². The minimum atomic E-state index is -0.783. The van der Waals surface area contributed by atoms with Crippen molar-refractivity contribution in [2.24, 2.45) is 0 Å². The molecule has 2 aromatic carbocycles. The van der Waals surface area contributed by atoms with E-state index in [0.717, 1.165) is 0 Å². The second kappa shape index (κ2) is 9.27. The Morgan fingerprint density at radius 1 is 1.08 bits per heavy atom. The van der Waals surface area contributed by atoms with Crippen molar-refractivity contribution in [2.45, 2.75) is 13.3 Å². The standard InChI is InChI=1S/C20H20O6/c1-2-17(21)20(24)26-12-6-11-25-15-9-10-16(18(22)13-15)19(23)14-7-4-3-5-8-14/h2-5,7-10,13,21-22H,6,11-12H2,1H3. The molecule has 0 saturated carbocycles. The van der Waals surface area contributed by atoms with Crippen LogP contribution < -0.4 is 4.74 Å². The van der Waals surface area contributed by atoms with E-state index >= 15 is 0 Å². The molecule has 26 heavy (non-hydrogen) atoms. The van der Waals surface area contributed by atoms with Gasteiger partial charge in [-0.15, -0.1) is 0 Å². The highest BCUT2D eigenvalue weighted by atomic mass is 16.5. The normalized spacial score (nSPS) is 11.0. The van der Waals surface area contributed by atoms with Gasteiger partial charge >= 0.3 is 5.97 Å². The summed E-state index contributed by atoms with van der Waals surface area (Å²) in [5.74, 6) is -1.26. The Hall–Kier alpha value is -3.28. The van der Waals surface area contributed by atoms with Crippen molar-refractivity contribution in [1.29, 1.82) is 0 Å². The number of benzene rings is 2. The van der Waals surface area contributed by atoms with Crippen LogP contribution in [0, 0.1) is 0 Å². The molecule has 0 amide bonds. The molecule has 0 aliphatic rings. The minimum absolute atomic E-state index is 0.0906. The summed E-state index contributed by atoms with van der Waals surface area (Å²) in [5, 5.41) is 19.2. The van der Waals surface area contributed by atoms with E-state index in [4.69, 9.17) is 14.6 Å². The summed E-state index contributed by atoms with van der Waals surface area (Å²) in [6.07, 6.45) is 1.66. The molecular weight excluding hydrogens is 336 g/mol. The van der Waals surface area contributed by atoms with Gasteiger partial charge in [0.2, 0.25) is 0 Å². The van der Waals surface area contributed by atoms with Crippen LogP contribution in [0.3, 0.4) is 0 Å². The molecule has 0 saturated heterocycles. The number of hydrogen-bond acceptors (Lipinski definition) is 6. The average Bonchev–Trinajstić information content (AvgIpc) is 2.67. The maximum absolute atomic E-state index is 12.3. The van der Waals surface area contributed by atoms with E-state index in [1.807, 2.05) is 6.07 Å². The van der Waals surface area contributed by atoms with Crippen molar-refractivity contribution < 1.29 is 29.3 Å². The van der Waals surface area contributed by atoms with E-state index in [1.54, 1.807) is 30.3 Å². The fraction of sp³-hybridized carbons (Fsp3) is 0.200. The van der Waals surface area contributed by atoms with Gasteiger partial charge in [0.25, 0.3) is 0 Å². The summed E-state index contributed by atoms with van der Waals surface area (Å²) in [6, 6.07) is 13.1. The first-order valence-corrected chi connectivity index (χ1v) is 8.11. The molecule has 0 radical (unpaired) electrons. The van der Waals surface area contributed by atoms with Gasteiger partial charge in [0.15, 0.2) is 11.5 Å². The molecule has 0 heterocycles. The van der Waals surface area contributed by atoms with Gasteiger partial charge in [-0.3, -0.25) is 4.79 Å². The number of phenolic OH excluding ortho intramolecular Hbond substituents is 1. The van der Waals surface area contributed by atoms with E-state index in [9.17, 15) is 14.7 Å². The minimum Gasteiger partial charge on any atom is -0.507 e. The molecule has 0 aliphatic heterocycles. The number of phenols is 1. The van der Waals surface area contributed by atoms with Crippen LogP contribution in [-0.2, 0) is 9.53 Å². The molecule has 6 nitrogen and oxygen atoms in total. The summed E-state index contributed by atoms with van der Waals surface area (Å²) < 4.78 is 10.3. The van der Waals surface area contributed by atoms with E-state index in [-0.39, 0.29) is 30.3 Å². The van der Waals surface area contributed by atoms with E-state index < -0.39 is 11.7 Å². The fourth-order valence-corrected chi connectivity index (χ4v) is 2.14. The van der Waals surface area contributed by atoms with Gasteiger partial charge in [0.1, 0.15) is 11.5 Å². The van der Waals surface area contributed by atoms with E-state index in [2.05, 4.69) is 0 Å². The molecule has 2 rings (SSSR count). The number of carbonyl (C=O) groups is 2. The van der Waals surface area contributed by atoms with Crippen LogP contribution in [0.15, 0.2) is 60.4 Å². The first kappa shape index (κ1) is 19.1. The number of aromatic hydroxyl groups is 1. The summed E-state index contributed by atoms with van der Waals surface area (Å²) in [5.41, 5.74) is 0.682. The Morgan fingerprint density at radius 3 is 2.46 bits per heavy atom. The van der Waals surface area contributed by atoms with Crippen molar-refractivity contribution >= 4 is 11.8 Å². The van der Waals surface area contributed by atoms with Crippen molar-refractivity contribution in [3.8, 4) is 11.5 Å². The number of rotatable bonds is 8. The van der Waals surface area contributed by atoms with Crippen LogP contribution in [0.1, 0.15) is 29.3 Å². The number of aliphatic hydroxyl groups excluding tert-OH is 1. The summed E-state index contributed by atoms with van der Waals surface area (Å²) in [6.45, 7) is 1.86. The van der Waals surface area contributed by atoms with Gasteiger partial charge in [0, 0.05) is 18.1 Å². The number of allylic oxidation sites excluding steroid dienone is 1. The maximum Gasteiger partial charge on any atom is 0.373 e. The predicted octanol–water partition coefficient (Wildman–Crippen LogP) is 3.40. The van der Waals surface area contributed by atoms with Gasteiger partial charge < -0.3 is 19.7 Å². The Bertz CT molecular complexity index is 795. The highest BCUT2D eigenvalue weighted by molar-refractivity contribution is 6.10. The molecule has 6 heteroatoms. The Balaban J connectivity index is 1.86. The van der Waals surface area contributed by atoms with E-state index in [1.165, 1.54) is 25.1 Å². The highest BCUT2D eigenvalue weighted by Gasteiger charge is 2.14. The fourth-order valence-electron chi connectivity index (χ4n) is 2.14. The topological polar surface area (TPSA) is 93.1 Å². The third kappa shape index (κ3) is 5.11. The molecule has 0 bridgehead atoms. The molecule has 0 fully saturated rings. The quantitative estimate of drug-likeness (QED) is 0.248. The van der Waals surface area contributed by atoms with Gasteiger partial charge in [-0.1, -0.05) is 30.3 Å². The van der Waals surface area contributed by atoms with E-state index in [0.29, 0.717) is 17.7 Å². The summed E-state index contributed by atoms with van der Waals surface area (Å²) in [7, 11) is 0. The van der Waals surface area contributed by atoms with Gasteiger partial charge in [-0.05, 0) is 25.1 Å². The lowest BCUT2D eigenvalue weighted by atomic mass is 10.0. The number of ketones is 1. The number of esters is 1. The molecule has 0 atom stereocenters. The van der Waals surface area contributed by atoms with Crippen LogP contribution >= 0.6 is 0 Å². The first-order chi connectivity index (χ1) is 12.5. The van der Waals surface area contributed by atoms with Crippen LogP contribution in [0.25, 0.3) is 0 Å². The predicted molar refractivity (Wildman–Crippen MR) is 95.4 cm³/mol. The largest absolute Gasteiger partial charge is 0.507 e. The molecule has 136 valence electrons. The Morgan fingerprint density at radius 2 is 1.81 bits per heavy atom. The maximum atomic E-state index is 12.3. The number of hydrogen-bond donors (Lipinski definition) is 2. The Labute approximate surface area is 151 Å². The molecule has 0 unspecified atom stereocenters. The lowest BCUT2D eigenvalue weighted by molar-refractivity contribution is -0.142. The molecule has 0 aliphatic carbocycles. The van der Waals surface area contributed by atoms with Crippen molar-refractivity contribution in [1.82, 2.24) is 0 Å². The highest BCUT2D eigenvalue weighted by Crippen LogP contribution is 2.26. The van der Waals surface area contributed by atoms with Crippen molar-refractivity contribution in [3.05, 3.63) is 71.5 Å². The zero-order valence-electron chi connectivity index (χ0n) is 14.3. The SMILES string of the molecule is CC=C(O)C(=O)OCCCOc1ccc(C(=O)c2ccccc2)c(O)c1. The average molecular weight is 356 g/mol. The van der Waals surface area contributed by atoms with Gasteiger partial charge in [-0.25, -0.2) is 4.79 Å². The first-order valence-electron chi connectivity index (χ1n) is 8.11. The third-order valence-corrected chi connectivity index (χ3v) is 3.52. The zero-order valence-corrected chi connectivity index (χ0v) is 14.3. The molecule has 0 aromatic heterocycles. The van der Waals surface area contributed by atoms with Crippen LogP contribution in [0.2, 0.25) is 0 Å².